The Morgan fingerprint density at radius 1 is 1.17 bits per heavy atom. The van der Waals surface area contributed by atoms with E-state index in [-0.39, 0.29) is 11.9 Å². The molecular weight excluding hydrogens is 228 g/mol. The second kappa shape index (κ2) is 5.08. The lowest BCUT2D eigenvalue weighted by molar-refractivity contribution is 0.0690. The van der Waals surface area contributed by atoms with Gasteiger partial charge < -0.3 is 15.5 Å². The van der Waals surface area contributed by atoms with Crippen molar-refractivity contribution in [2.45, 2.75) is 6.92 Å². The van der Waals surface area contributed by atoms with Crippen molar-refractivity contribution in [3.05, 3.63) is 35.4 Å². The number of rotatable bonds is 1. The molecule has 1 aromatic carbocycles. The summed E-state index contributed by atoms with van der Waals surface area (Å²) in [4.78, 5) is 15.9. The van der Waals surface area contributed by atoms with Gasteiger partial charge in [-0.05, 0) is 18.6 Å². The van der Waals surface area contributed by atoms with Crippen LogP contribution in [0.1, 0.15) is 15.9 Å². The van der Waals surface area contributed by atoms with Crippen molar-refractivity contribution in [1.82, 2.24) is 9.80 Å². The number of amides is 1. The zero-order valence-corrected chi connectivity index (χ0v) is 10.5. The smallest absolute Gasteiger partial charge is 0.254 e. The molecule has 18 heavy (non-hydrogen) atoms. The van der Waals surface area contributed by atoms with Crippen LogP contribution in [-0.4, -0.2) is 47.8 Å². The lowest BCUT2D eigenvalue weighted by atomic mass is 10.1. The maximum absolute atomic E-state index is 12.3. The molecule has 1 fully saturated rings. The van der Waals surface area contributed by atoms with Crippen molar-refractivity contribution in [1.29, 1.82) is 5.41 Å². The molecule has 0 radical (unpaired) electrons. The topological polar surface area (TPSA) is 73.4 Å². The summed E-state index contributed by atoms with van der Waals surface area (Å²) in [6.07, 6.45) is 0. The number of benzene rings is 1. The Morgan fingerprint density at radius 2 is 1.72 bits per heavy atom. The Hall–Kier alpha value is -2.04. The molecule has 5 nitrogen and oxygen atoms in total. The molecule has 96 valence electrons. The van der Waals surface area contributed by atoms with Gasteiger partial charge in [0.1, 0.15) is 0 Å². The van der Waals surface area contributed by atoms with Crippen LogP contribution in [0.2, 0.25) is 0 Å². The van der Waals surface area contributed by atoms with Gasteiger partial charge in [0.25, 0.3) is 5.91 Å². The first kappa shape index (κ1) is 12.4. The molecular formula is C13H18N4O. The number of hydrogen-bond donors (Lipinski definition) is 2. The third-order valence-corrected chi connectivity index (χ3v) is 3.28. The molecule has 0 aromatic heterocycles. The number of piperazine rings is 1. The van der Waals surface area contributed by atoms with E-state index in [1.165, 1.54) is 0 Å². The Morgan fingerprint density at radius 3 is 2.28 bits per heavy atom. The Bertz CT molecular complexity index is 464. The molecule has 1 aliphatic heterocycles. The zero-order valence-electron chi connectivity index (χ0n) is 10.5. The lowest BCUT2D eigenvalue weighted by Gasteiger charge is -2.35. The molecule has 0 unspecified atom stereocenters. The van der Waals surface area contributed by atoms with Crippen molar-refractivity contribution in [3.8, 4) is 0 Å². The molecule has 1 saturated heterocycles. The van der Waals surface area contributed by atoms with Crippen LogP contribution in [0.15, 0.2) is 24.3 Å². The van der Waals surface area contributed by atoms with Crippen molar-refractivity contribution in [3.63, 3.8) is 0 Å². The van der Waals surface area contributed by atoms with Crippen molar-refractivity contribution >= 4 is 11.9 Å². The van der Waals surface area contributed by atoms with Crippen LogP contribution in [0.25, 0.3) is 0 Å². The van der Waals surface area contributed by atoms with E-state index in [1.807, 2.05) is 36.1 Å². The summed E-state index contributed by atoms with van der Waals surface area (Å²) in [7, 11) is 0. The summed E-state index contributed by atoms with van der Waals surface area (Å²) in [5.41, 5.74) is 7.18. The van der Waals surface area contributed by atoms with Crippen LogP contribution >= 0.6 is 0 Å². The molecule has 1 amide bonds. The molecule has 5 heteroatoms. The highest BCUT2D eigenvalue weighted by Gasteiger charge is 2.23. The quantitative estimate of drug-likeness (QED) is 0.564. The summed E-state index contributed by atoms with van der Waals surface area (Å²) >= 11 is 0. The first-order valence-electron chi connectivity index (χ1n) is 6.03. The second-order valence-electron chi connectivity index (χ2n) is 4.48. The van der Waals surface area contributed by atoms with Crippen molar-refractivity contribution < 1.29 is 4.79 Å². The number of nitrogens with one attached hydrogen (secondary N) is 1. The van der Waals surface area contributed by atoms with E-state index in [9.17, 15) is 4.79 Å². The molecule has 3 N–H and O–H groups in total. The summed E-state index contributed by atoms with van der Waals surface area (Å²) in [6, 6.07) is 7.61. The molecule has 0 atom stereocenters. The van der Waals surface area contributed by atoms with E-state index >= 15 is 0 Å². The maximum Gasteiger partial charge on any atom is 0.254 e. The largest absolute Gasteiger partial charge is 0.370 e. The Labute approximate surface area is 107 Å². The standard InChI is InChI=1S/C13H18N4O/c1-10-4-2-3-5-11(10)12(18)16-6-8-17(9-7-16)13(14)15/h2-5H,6-9H2,1H3,(H3,14,15). The number of hydrogen-bond acceptors (Lipinski definition) is 2. The van der Waals surface area contributed by atoms with Crippen LogP contribution in [0.3, 0.4) is 0 Å². The third kappa shape index (κ3) is 2.45. The molecule has 1 aromatic rings. The zero-order chi connectivity index (χ0) is 13.1. The van der Waals surface area contributed by atoms with Crippen LogP contribution in [0.4, 0.5) is 0 Å². The van der Waals surface area contributed by atoms with E-state index in [0.717, 1.165) is 11.1 Å². The summed E-state index contributed by atoms with van der Waals surface area (Å²) in [5.74, 6) is 0.147. The van der Waals surface area contributed by atoms with Crippen LogP contribution in [-0.2, 0) is 0 Å². The monoisotopic (exact) mass is 246 g/mol. The fraction of sp³-hybridized carbons (Fsp3) is 0.385. The summed E-state index contributed by atoms with van der Waals surface area (Å²) in [5, 5.41) is 7.36. The Kier molecular flexibility index (Phi) is 3.50. The van der Waals surface area contributed by atoms with Crippen LogP contribution in [0.5, 0.6) is 0 Å². The fourth-order valence-electron chi connectivity index (χ4n) is 2.13. The van der Waals surface area contributed by atoms with Gasteiger partial charge >= 0.3 is 0 Å². The van der Waals surface area contributed by atoms with Crippen LogP contribution in [0, 0.1) is 12.3 Å². The van der Waals surface area contributed by atoms with Crippen LogP contribution < -0.4 is 5.73 Å². The van der Waals surface area contributed by atoms with Gasteiger partial charge in [-0.2, -0.15) is 0 Å². The Balaban J connectivity index is 2.04. The normalized spacial score (nSPS) is 15.6. The molecule has 0 bridgehead atoms. The van der Waals surface area contributed by atoms with E-state index in [1.54, 1.807) is 4.90 Å². The number of guanidine groups is 1. The highest BCUT2D eigenvalue weighted by Crippen LogP contribution is 2.12. The predicted octanol–water partition coefficient (Wildman–Crippen LogP) is 0.646. The first-order chi connectivity index (χ1) is 8.59. The van der Waals surface area contributed by atoms with Gasteiger partial charge in [0.2, 0.25) is 0 Å². The number of nitrogens with two attached hydrogens (primary N) is 1. The average molecular weight is 246 g/mol. The average Bonchev–Trinajstić information content (AvgIpc) is 2.38. The fourth-order valence-corrected chi connectivity index (χ4v) is 2.13. The summed E-state index contributed by atoms with van der Waals surface area (Å²) in [6.45, 7) is 4.44. The molecule has 0 aliphatic carbocycles. The SMILES string of the molecule is Cc1ccccc1C(=O)N1CCN(C(=N)N)CC1. The van der Waals surface area contributed by atoms with Gasteiger partial charge in [0.05, 0.1) is 0 Å². The van der Waals surface area contributed by atoms with Crippen molar-refractivity contribution in [2.24, 2.45) is 5.73 Å². The van der Waals surface area contributed by atoms with Gasteiger partial charge in [-0.3, -0.25) is 10.2 Å². The second-order valence-corrected chi connectivity index (χ2v) is 4.48. The van der Waals surface area contributed by atoms with E-state index in [0.29, 0.717) is 26.2 Å². The lowest BCUT2D eigenvalue weighted by Crippen LogP contribution is -2.52. The minimum absolute atomic E-state index is 0.0660. The number of aryl methyl sites for hydroxylation is 1. The van der Waals surface area contributed by atoms with E-state index in [4.69, 9.17) is 11.1 Å². The van der Waals surface area contributed by atoms with Gasteiger partial charge in [-0.1, -0.05) is 18.2 Å². The highest BCUT2D eigenvalue weighted by molar-refractivity contribution is 5.95. The number of nitrogens with zero attached hydrogens (tertiary/aromatic N) is 2. The molecule has 2 rings (SSSR count). The first-order valence-corrected chi connectivity index (χ1v) is 6.03. The molecule has 1 heterocycles. The van der Waals surface area contributed by atoms with Gasteiger partial charge in [-0.25, -0.2) is 0 Å². The van der Waals surface area contributed by atoms with Gasteiger partial charge in [-0.15, -0.1) is 0 Å². The minimum Gasteiger partial charge on any atom is -0.370 e. The van der Waals surface area contributed by atoms with Gasteiger partial charge in [0.15, 0.2) is 5.96 Å². The minimum atomic E-state index is 0.0660. The van der Waals surface area contributed by atoms with E-state index < -0.39 is 0 Å². The third-order valence-electron chi connectivity index (χ3n) is 3.28. The maximum atomic E-state index is 12.3. The number of carbonyl (C=O) groups is 1. The summed E-state index contributed by atoms with van der Waals surface area (Å²) < 4.78 is 0. The highest BCUT2D eigenvalue weighted by atomic mass is 16.2. The van der Waals surface area contributed by atoms with Gasteiger partial charge in [0, 0.05) is 31.7 Å². The molecule has 1 aliphatic rings. The predicted molar refractivity (Wildman–Crippen MR) is 70.6 cm³/mol. The number of carbonyl (C=O) groups excluding carboxylic acids is 1. The van der Waals surface area contributed by atoms with Crippen molar-refractivity contribution in [2.75, 3.05) is 26.2 Å². The molecule has 0 spiro atoms. The molecule has 0 saturated carbocycles. The van der Waals surface area contributed by atoms with E-state index in [2.05, 4.69) is 0 Å².